The van der Waals surface area contributed by atoms with Gasteiger partial charge in [-0.25, -0.2) is 0 Å². The molecule has 10 heavy (non-hydrogen) atoms. The van der Waals surface area contributed by atoms with Crippen LogP contribution in [0.15, 0.2) is 11.0 Å². The molecule has 1 heterocycles. The van der Waals surface area contributed by atoms with Crippen LogP contribution in [-0.2, 0) is 4.79 Å². The molecule has 0 atom stereocenters. The van der Waals surface area contributed by atoms with E-state index in [9.17, 15) is 9.90 Å². The Balaban J connectivity index is 2.38. The second-order valence-corrected chi connectivity index (χ2v) is 4.17. The molecule has 0 aromatic rings. The summed E-state index contributed by atoms with van der Waals surface area (Å²) in [5, 5.41) is 13.1. The molecular formula is C6H7O2S2-. The van der Waals surface area contributed by atoms with Crippen LogP contribution in [0.1, 0.15) is 6.42 Å². The molecule has 4 heteroatoms. The maximum atomic E-state index is 10.1. The number of carboxylic acid groups (broad SMARTS) is 1. The molecule has 1 rings (SSSR count). The van der Waals surface area contributed by atoms with Gasteiger partial charge in [0.15, 0.2) is 0 Å². The smallest absolute Gasteiger partial charge is 0.0455 e. The Hall–Kier alpha value is -0.0900. The van der Waals surface area contributed by atoms with E-state index < -0.39 is 5.97 Å². The first-order valence-electron chi connectivity index (χ1n) is 2.86. The Bertz CT molecular complexity index is 165. The van der Waals surface area contributed by atoms with Gasteiger partial charge in [0.1, 0.15) is 0 Å². The fourth-order valence-electron chi connectivity index (χ4n) is 0.685. The number of carbonyl (C=O) groups is 1. The minimum atomic E-state index is -0.977. The third-order valence-electron chi connectivity index (χ3n) is 1.06. The Kier molecular flexibility index (Phi) is 3.15. The van der Waals surface area contributed by atoms with Crippen molar-refractivity contribution in [3.8, 4) is 0 Å². The van der Waals surface area contributed by atoms with Crippen LogP contribution in [0.4, 0.5) is 0 Å². The standard InChI is InChI=1S/C6H8O2S2/c7-6(8)1-5-2-9-4-10-3-5/h2H,1,3-4H2,(H,7,8)/p-1. The number of carbonyl (C=O) groups excluding carboxylic acids is 1. The average molecular weight is 175 g/mol. The minimum Gasteiger partial charge on any atom is -0.550 e. The molecule has 56 valence electrons. The van der Waals surface area contributed by atoms with E-state index >= 15 is 0 Å². The number of carboxylic acids is 1. The van der Waals surface area contributed by atoms with E-state index in [4.69, 9.17) is 0 Å². The highest BCUT2D eigenvalue weighted by molar-refractivity contribution is 8.18. The SMILES string of the molecule is O=C([O-])CC1=CSCSC1. The van der Waals surface area contributed by atoms with E-state index in [1.807, 2.05) is 5.41 Å². The molecule has 1 aliphatic rings. The maximum Gasteiger partial charge on any atom is 0.0455 e. The number of hydrogen-bond acceptors (Lipinski definition) is 4. The van der Waals surface area contributed by atoms with Crippen LogP contribution in [0, 0.1) is 0 Å². The molecule has 0 amide bonds. The summed E-state index contributed by atoms with van der Waals surface area (Å²) in [6.45, 7) is 0. The average Bonchev–Trinajstić information content (AvgIpc) is 1.88. The van der Waals surface area contributed by atoms with Gasteiger partial charge in [0.2, 0.25) is 0 Å². The van der Waals surface area contributed by atoms with Crippen molar-refractivity contribution in [2.75, 3.05) is 10.8 Å². The second-order valence-electron chi connectivity index (χ2n) is 1.96. The van der Waals surface area contributed by atoms with Crippen molar-refractivity contribution in [1.82, 2.24) is 0 Å². The minimum absolute atomic E-state index is 0.0972. The third kappa shape index (κ3) is 2.66. The molecule has 0 aromatic heterocycles. The van der Waals surface area contributed by atoms with Crippen LogP contribution in [0.5, 0.6) is 0 Å². The first kappa shape index (κ1) is 8.01. The summed E-state index contributed by atoms with van der Waals surface area (Å²) in [6, 6.07) is 0. The Labute approximate surface area is 68.1 Å². The van der Waals surface area contributed by atoms with Crippen LogP contribution < -0.4 is 5.11 Å². The summed E-state index contributed by atoms with van der Waals surface area (Å²) < 4.78 is 0. The van der Waals surface area contributed by atoms with Crippen molar-refractivity contribution < 1.29 is 9.90 Å². The zero-order chi connectivity index (χ0) is 7.40. The van der Waals surface area contributed by atoms with Crippen molar-refractivity contribution >= 4 is 29.5 Å². The highest BCUT2D eigenvalue weighted by atomic mass is 32.2. The van der Waals surface area contributed by atoms with Crippen molar-refractivity contribution in [2.45, 2.75) is 6.42 Å². The third-order valence-corrected chi connectivity index (χ3v) is 3.35. The molecule has 0 saturated heterocycles. The summed E-state index contributed by atoms with van der Waals surface area (Å²) >= 11 is 3.40. The van der Waals surface area contributed by atoms with Crippen molar-refractivity contribution in [3.05, 3.63) is 11.0 Å². The molecular weight excluding hydrogens is 168 g/mol. The zero-order valence-corrected chi connectivity index (χ0v) is 6.96. The monoisotopic (exact) mass is 175 g/mol. The van der Waals surface area contributed by atoms with E-state index in [2.05, 4.69) is 0 Å². The largest absolute Gasteiger partial charge is 0.550 e. The predicted octanol–water partition coefficient (Wildman–Crippen LogP) is 0.448. The number of aliphatic carboxylic acids is 1. The van der Waals surface area contributed by atoms with E-state index in [0.717, 1.165) is 16.4 Å². The molecule has 0 bridgehead atoms. The molecule has 0 spiro atoms. The van der Waals surface area contributed by atoms with Gasteiger partial charge in [-0.1, -0.05) is 0 Å². The van der Waals surface area contributed by atoms with Gasteiger partial charge in [-0.3, -0.25) is 0 Å². The molecule has 1 aliphatic heterocycles. The summed E-state index contributed by atoms with van der Waals surface area (Å²) in [4.78, 5) is 10.1. The first-order chi connectivity index (χ1) is 4.79. The number of thioether (sulfide) groups is 2. The van der Waals surface area contributed by atoms with E-state index in [1.165, 1.54) is 0 Å². The topological polar surface area (TPSA) is 40.1 Å². The summed E-state index contributed by atoms with van der Waals surface area (Å²) in [5.74, 6) is -0.129. The van der Waals surface area contributed by atoms with E-state index in [0.29, 0.717) is 0 Å². The van der Waals surface area contributed by atoms with Crippen LogP contribution in [0.3, 0.4) is 0 Å². The van der Waals surface area contributed by atoms with E-state index in [-0.39, 0.29) is 6.42 Å². The molecule has 2 nitrogen and oxygen atoms in total. The van der Waals surface area contributed by atoms with Crippen molar-refractivity contribution in [3.63, 3.8) is 0 Å². The normalized spacial score (nSPS) is 18.2. The van der Waals surface area contributed by atoms with Gasteiger partial charge in [0.05, 0.1) is 0 Å². The summed E-state index contributed by atoms with van der Waals surface area (Å²) in [6.07, 6.45) is 0.0972. The van der Waals surface area contributed by atoms with Gasteiger partial charge in [0, 0.05) is 23.2 Å². The number of rotatable bonds is 2. The first-order valence-corrected chi connectivity index (χ1v) is 5.06. The van der Waals surface area contributed by atoms with Gasteiger partial charge in [-0.15, -0.1) is 23.5 Å². The quantitative estimate of drug-likeness (QED) is 0.611. The summed E-state index contributed by atoms with van der Waals surface area (Å²) in [5.41, 5.74) is 0.973. The number of hydrogen-bond donors (Lipinski definition) is 0. The molecule has 0 fully saturated rings. The van der Waals surface area contributed by atoms with Gasteiger partial charge >= 0.3 is 0 Å². The lowest BCUT2D eigenvalue weighted by Gasteiger charge is -2.11. The van der Waals surface area contributed by atoms with Crippen LogP contribution in [0.2, 0.25) is 0 Å². The summed E-state index contributed by atoms with van der Waals surface area (Å²) in [7, 11) is 0. The molecule has 0 radical (unpaired) electrons. The van der Waals surface area contributed by atoms with E-state index in [1.54, 1.807) is 23.5 Å². The predicted molar refractivity (Wildman–Crippen MR) is 42.6 cm³/mol. The van der Waals surface area contributed by atoms with Gasteiger partial charge in [-0.05, 0) is 11.0 Å². The molecule has 0 aliphatic carbocycles. The van der Waals surface area contributed by atoms with Crippen LogP contribution >= 0.6 is 23.5 Å². The lowest BCUT2D eigenvalue weighted by Crippen LogP contribution is -2.23. The van der Waals surface area contributed by atoms with Crippen molar-refractivity contribution in [2.24, 2.45) is 0 Å². The fraction of sp³-hybridized carbons (Fsp3) is 0.500. The second kappa shape index (κ2) is 3.93. The fourth-order valence-corrected chi connectivity index (χ4v) is 2.63. The molecule has 0 N–H and O–H groups in total. The molecule has 0 aromatic carbocycles. The highest BCUT2D eigenvalue weighted by Gasteiger charge is 2.03. The van der Waals surface area contributed by atoms with Crippen LogP contribution in [-0.4, -0.2) is 16.8 Å². The lowest BCUT2D eigenvalue weighted by molar-refractivity contribution is -0.304. The van der Waals surface area contributed by atoms with Crippen molar-refractivity contribution in [1.29, 1.82) is 0 Å². The Morgan fingerprint density at radius 3 is 3.10 bits per heavy atom. The molecule has 0 saturated carbocycles. The molecule has 0 unspecified atom stereocenters. The maximum absolute atomic E-state index is 10.1. The van der Waals surface area contributed by atoms with Crippen LogP contribution in [0.25, 0.3) is 0 Å². The van der Waals surface area contributed by atoms with Gasteiger partial charge < -0.3 is 9.90 Å². The van der Waals surface area contributed by atoms with Gasteiger partial charge in [0.25, 0.3) is 0 Å². The lowest BCUT2D eigenvalue weighted by atomic mass is 10.2. The zero-order valence-electron chi connectivity index (χ0n) is 5.33. The highest BCUT2D eigenvalue weighted by Crippen LogP contribution is 2.25. The van der Waals surface area contributed by atoms with Gasteiger partial charge in [-0.2, -0.15) is 0 Å². The Morgan fingerprint density at radius 1 is 1.80 bits per heavy atom. The Morgan fingerprint density at radius 2 is 2.60 bits per heavy atom.